The summed E-state index contributed by atoms with van der Waals surface area (Å²) < 4.78 is 6.42. The number of hydrogen-bond acceptors (Lipinski definition) is 4. The number of nitrogens with one attached hydrogen (secondary N) is 1. The summed E-state index contributed by atoms with van der Waals surface area (Å²) in [5.41, 5.74) is 5.42. The van der Waals surface area contributed by atoms with Crippen molar-refractivity contribution in [1.29, 1.82) is 0 Å². The molecule has 1 aliphatic carbocycles. The molecule has 1 aromatic carbocycles. The van der Waals surface area contributed by atoms with Crippen LogP contribution >= 0.6 is 0 Å². The summed E-state index contributed by atoms with van der Waals surface area (Å²) in [7, 11) is 0. The van der Waals surface area contributed by atoms with E-state index in [1.807, 2.05) is 11.1 Å². The molecule has 2 atom stereocenters. The number of rotatable bonds is 2. The van der Waals surface area contributed by atoms with Gasteiger partial charge in [0.1, 0.15) is 17.1 Å². The monoisotopic (exact) mass is 412 g/mol. The normalized spacial score (nSPS) is 26.1. The molecule has 164 valence electrons. The smallest absolute Gasteiger partial charge is 0.261 e. The molecule has 2 heterocycles. The van der Waals surface area contributed by atoms with E-state index in [9.17, 15) is 9.90 Å². The first-order valence-electron chi connectivity index (χ1n) is 11.4. The van der Waals surface area contributed by atoms with Gasteiger partial charge in [-0.1, -0.05) is 33.3 Å². The van der Waals surface area contributed by atoms with Crippen molar-refractivity contribution in [2.45, 2.75) is 83.7 Å². The molecule has 1 aromatic rings. The number of phenols is 1. The molecular formula is C25H36N2O3. The molecular weight excluding hydrogens is 376 g/mol. The minimum Gasteiger partial charge on any atom is -0.508 e. The summed E-state index contributed by atoms with van der Waals surface area (Å²) in [6.45, 7) is 12.5. The molecule has 0 unspecified atom stereocenters. The predicted octanol–water partition coefficient (Wildman–Crippen LogP) is 4.80. The topological polar surface area (TPSA) is 61.8 Å². The van der Waals surface area contributed by atoms with Gasteiger partial charge < -0.3 is 9.84 Å². The molecule has 3 aliphatic rings. The van der Waals surface area contributed by atoms with Crippen molar-refractivity contribution >= 4 is 5.91 Å². The molecule has 5 nitrogen and oxygen atoms in total. The van der Waals surface area contributed by atoms with Crippen LogP contribution in [0.15, 0.2) is 23.8 Å². The van der Waals surface area contributed by atoms with Gasteiger partial charge in [-0.05, 0) is 62.6 Å². The molecule has 0 bridgehead atoms. The van der Waals surface area contributed by atoms with Crippen molar-refractivity contribution in [1.82, 2.24) is 10.4 Å². The van der Waals surface area contributed by atoms with Gasteiger partial charge in [-0.25, -0.2) is 5.01 Å². The van der Waals surface area contributed by atoms with E-state index in [0.29, 0.717) is 12.2 Å². The van der Waals surface area contributed by atoms with E-state index in [1.165, 1.54) is 6.42 Å². The van der Waals surface area contributed by atoms with Crippen molar-refractivity contribution in [2.75, 3.05) is 13.1 Å². The maximum absolute atomic E-state index is 13.0. The van der Waals surface area contributed by atoms with Crippen molar-refractivity contribution in [3.05, 3.63) is 34.9 Å². The Labute approximate surface area is 180 Å². The number of carbonyl (C=O) groups excluding carboxylic acids is 1. The standard InChI is InChI=1S/C25H36N2O3/c1-24(2,3)17-14-20(28)22-18-13-16(23(29)26-27-11-7-6-8-12-27)9-10-19(18)25(4,5)30-21(22)15-17/h9,14-15,18-19,28H,6-8,10-13H2,1-5H3,(H,26,29)/t18-,19-/m1/s1. The Bertz CT molecular complexity index is 860. The predicted molar refractivity (Wildman–Crippen MR) is 119 cm³/mol. The lowest BCUT2D eigenvalue weighted by molar-refractivity contribution is -0.123. The minimum atomic E-state index is -0.355. The lowest BCUT2D eigenvalue weighted by atomic mass is 9.66. The summed E-state index contributed by atoms with van der Waals surface area (Å²) in [4.78, 5) is 13.0. The minimum absolute atomic E-state index is 0.00648. The zero-order valence-corrected chi connectivity index (χ0v) is 19.0. The molecule has 0 radical (unpaired) electrons. The zero-order valence-electron chi connectivity index (χ0n) is 19.0. The largest absolute Gasteiger partial charge is 0.508 e. The molecule has 2 N–H and O–H groups in total. The van der Waals surface area contributed by atoms with E-state index in [2.05, 4.69) is 52.2 Å². The van der Waals surface area contributed by atoms with Crippen LogP contribution in [0.1, 0.15) is 83.8 Å². The second-order valence-electron chi connectivity index (χ2n) is 10.7. The van der Waals surface area contributed by atoms with Crippen LogP contribution in [0.2, 0.25) is 0 Å². The molecule has 1 fully saturated rings. The number of aromatic hydroxyl groups is 1. The fourth-order valence-electron chi connectivity index (χ4n) is 5.24. The van der Waals surface area contributed by atoms with Gasteiger partial charge in [-0.3, -0.25) is 10.2 Å². The van der Waals surface area contributed by atoms with Gasteiger partial charge in [-0.2, -0.15) is 0 Å². The van der Waals surface area contributed by atoms with Gasteiger partial charge >= 0.3 is 0 Å². The Morgan fingerprint density at radius 1 is 1.20 bits per heavy atom. The van der Waals surface area contributed by atoms with Crippen LogP contribution in [-0.2, 0) is 10.2 Å². The fourth-order valence-corrected chi connectivity index (χ4v) is 5.24. The quantitative estimate of drug-likeness (QED) is 0.733. The number of hydrogen-bond donors (Lipinski definition) is 2. The Balaban J connectivity index is 1.63. The third kappa shape index (κ3) is 3.96. The Morgan fingerprint density at radius 3 is 2.57 bits per heavy atom. The highest BCUT2D eigenvalue weighted by Gasteiger charge is 2.47. The Hall–Kier alpha value is -2.01. The lowest BCUT2D eigenvalue weighted by Gasteiger charge is -2.47. The van der Waals surface area contributed by atoms with Crippen molar-refractivity contribution < 1.29 is 14.6 Å². The summed E-state index contributed by atoms with van der Waals surface area (Å²) in [6.07, 6.45) is 6.99. The zero-order chi connectivity index (χ0) is 21.7. The Kier molecular flexibility index (Phi) is 5.38. The first-order chi connectivity index (χ1) is 14.1. The van der Waals surface area contributed by atoms with Gasteiger partial charge in [0, 0.05) is 36.1 Å². The number of nitrogens with zero attached hydrogens (tertiary/aromatic N) is 1. The number of carbonyl (C=O) groups is 1. The molecule has 5 heteroatoms. The number of phenolic OH excluding ortho intramolecular Hbond substituents is 1. The van der Waals surface area contributed by atoms with Gasteiger partial charge in [0.2, 0.25) is 0 Å². The molecule has 1 amide bonds. The molecule has 0 saturated carbocycles. The molecule has 30 heavy (non-hydrogen) atoms. The second kappa shape index (κ2) is 7.60. The highest BCUT2D eigenvalue weighted by molar-refractivity contribution is 5.93. The van der Waals surface area contributed by atoms with E-state index in [4.69, 9.17) is 4.74 Å². The van der Waals surface area contributed by atoms with Crippen LogP contribution in [0.5, 0.6) is 11.5 Å². The number of fused-ring (bicyclic) bond motifs is 3. The van der Waals surface area contributed by atoms with Crippen LogP contribution in [-0.4, -0.2) is 34.7 Å². The number of amides is 1. The second-order valence-corrected chi connectivity index (χ2v) is 10.7. The van der Waals surface area contributed by atoms with Crippen molar-refractivity contribution in [2.24, 2.45) is 5.92 Å². The average Bonchev–Trinajstić information content (AvgIpc) is 2.66. The van der Waals surface area contributed by atoms with E-state index in [0.717, 1.165) is 54.8 Å². The molecule has 0 aromatic heterocycles. The van der Waals surface area contributed by atoms with Gasteiger partial charge in [0.25, 0.3) is 5.91 Å². The number of hydrazine groups is 1. The Morgan fingerprint density at radius 2 is 1.90 bits per heavy atom. The van der Waals surface area contributed by atoms with Crippen LogP contribution in [0.3, 0.4) is 0 Å². The molecule has 4 rings (SSSR count). The first kappa shape index (κ1) is 21.2. The molecule has 2 aliphatic heterocycles. The summed E-state index contributed by atoms with van der Waals surface area (Å²) >= 11 is 0. The van der Waals surface area contributed by atoms with Gasteiger partial charge in [0.05, 0.1) is 0 Å². The maximum Gasteiger partial charge on any atom is 0.261 e. The summed E-state index contributed by atoms with van der Waals surface area (Å²) in [5, 5.41) is 13.0. The number of ether oxygens (including phenoxy) is 1. The number of benzene rings is 1. The van der Waals surface area contributed by atoms with Crippen LogP contribution in [0.4, 0.5) is 0 Å². The highest BCUT2D eigenvalue weighted by Crippen LogP contribution is 2.54. The number of piperidine rings is 1. The first-order valence-corrected chi connectivity index (χ1v) is 11.4. The third-order valence-corrected chi connectivity index (χ3v) is 7.07. The van der Waals surface area contributed by atoms with Crippen LogP contribution in [0.25, 0.3) is 0 Å². The fraction of sp³-hybridized carbons (Fsp3) is 0.640. The lowest BCUT2D eigenvalue weighted by Crippen LogP contribution is -2.48. The SMILES string of the molecule is CC(C)(C)c1cc(O)c2c(c1)OC(C)(C)[C@@H]1CC=C(C(=O)NN3CCCCC3)C[C@@H]21. The van der Waals surface area contributed by atoms with Gasteiger partial charge in [-0.15, -0.1) is 0 Å². The third-order valence-electron chi connectivity index (χ3n) is 7.07. The van der Waals surface area contributed by atoms with Crippen molar-refractivity contribution in [3.8, 4) is 11.5 Å². The van der Waals surface area contributed by atoms with E-state index in [-0.39, 0.29) is 28.8 Å². The molecule has 0 spiro atoms. The molecule has 1 saturated heterocycles. The van der Waals surface area contributed by atoms with Crippen LogP contribution in [0, 0.1) is 5.92 Å². The van der Waals surface area contributed by atoms with Crippen LogP contribution < -0.4 is 10.2 Å². The van der Waals surface area contributed by atoms with E-state index in [1.54, 1.807) is 0 Å². The van der Waals surface area contributed by atoms with Gasteiger partial charge in [0.15, 0.2) is 0 Å². The number of allylic oxidation sites excluding steroid dienone is 1. The highest BCUT2D eigenvalue weighted by atomic mass is 16.5. The van der Waals surface area contributed by atoms with E-state index < -0.39 is 0 Å². The van der Waals surface area contributed by atoms with E-state index >= 15 is 0 Å². The van der Waals surface area contributed by atoms with Crippen molar-refractivity contribution in [3.63, 3.8) is 0 Å². The summed E-state index contributed by atoms with van der Waals surface area (Å²) in [5.74, 6) is 1.37. The summed E-state index contributed by atoms with van der Waals surface area (Å²) in [6, 6.07) is 3.96. The average molecular weight is 413 g/mol. The maximum atomic E-state index is 13.0.